The quantitative estimate of drug-likeness (QED) is 0.486. The van der Waals surface area contributed by atoms with Crippen molar-refractivity contribution in [1.82, 2.24) is 9.88 Å². The number of anilines is 1. The van der Waals surface area contributed by atoms with E-state index in [-0.39, 0.29) is 4.90 Å². The third-order valence-corrected chi connectivity index (χ3v) is 7.52. The van der Waals surface area contributed by atoms with Crippen LogP contribution in [-0.2, 0) is 14.6 Å². The van der Waals surface area contributed by atoms with Gasteiger partial charge in [0.25, 0.3) is 0 Å². The number of fused-ring (bicyclic) bond motifs is 1. The van der Waals surface area contributed by atoms with Crippen molar-refractivity contribution in [2.45, 2.75) is 18.2 Å². The van der Waals surface area contributed by atoms with Crippen molar-refractivity contribution in [2.24, 2.45) is 0 Å². The number of thiazole rings is 1. The summed E-state index contributed by atoms with van der Waals surface area (Å²) in [6, 6.07) is 11.9. The largest absolute Gasteiger partial charge is 0.497 e. The van der Waals surface area contributed by atoms with Gasteiger partial charge in [-0.3, -0.25) is 9.69 Å². The lowest BCUT2D eigenvalue weighted by Gasteiger charge is -2.21. The van der Waals surface area contributed by atoms with Crippen LogP contribution in [0.3, 0.4) is 0 Å². The number of aryl methyl sites for hydroxylation is 1. The minimum atomic E-state index is -3.80. The topological polar surface area (TPSA) is 79.8 Å². The van der Waals surface area contributed by atoms with Gasteiger partial charge in [-0.25, -0.2) is 13.4 Å². The molecule has 7 nitrogen and oxygen atoms in total. The normalized spacial score (nSPS) is 11.8. The van der Waals surface area contributed by atoms with Gasteiger partial charge in [-0.05, 0) is 69.9 Å². The maximum Gasteiger partial charge on any atom is 0.244 e. The molecule has 0 aliphatic rings. The monoisotopic (exact) mass is 461 g/mol. The van der Waals surface area contributed by atoms with Gasteiger partial charge in [-0.15, -0.1) is 0 Å². The van der Waals surface area contributed by atoms with Gasteiger partial charge in [0.1, 0.15) is 11.5 Å². The number of para-hydroxylation sites is 1. The van der Waals surface area contributed by atoms with E-state index in [9.17, 15) is 13.2 Å². The summed E-state index contributed by atoms with van der Waals surface area (Å²) in [7, 11) is 1.63. The molecule has 0 saturated heterocycles. The van der Waals surface area contributed by atoms with Crippen molar-refractivity contribution in [3.05, 3.63) is 48.0 Å². The van der Waals surface area contributed by atoms with E-state index in [1.807, 2.05) is 44.1 Å². The minimum absolute atomic E-state index is 0.0926. The van der Waals surface area contributed by atoms with Gasteiger partial charge in [0.2, 0.25) is 5.91 Å². The first kappa shape index (κ1) is 23.2. The first-order chi connectivity index (χ1) is 14.7. The third-order valence-electron chi connectivity index (χ3n) is 4.86. The van der Waals surface area contributed by atoms with Gasteiger partial charge >= 0.3 is 0 Å². The molecule has 31 heavy (non-hydrogen) atoms. The molecule has 1 heterocycles. The fraction of sp³-hybridized carbons (Fsp3) is 0.364. The molecule has 2 aromatic carbocycles. The number of ether oxygens (including phenoxy) is 1. The van der Waals surface area contributed by atoms with E-state index in [2.05, 4.69) is 4.98 Å². The first-order valence-electron chi connectivity index (χ1n) is 9.89. The number of aromatic nitrogens is 1. The summed E-state index contributed by atoms with van der Waals surface area (Å²) in [5, 5.41) is 0.526. The molecule has 1 aromatic heterocycles. The molecule has 0 unspecified atom stereocenters. The maximum absolute atomic E-state index is 13.2. The lowest BCUT2D eigenvalue weighted by molar-refractivity contribution is -0.116. The fourth-order valence-corrected chi connectivity index (χ4v) is 5.45. The highest BCUT2D eigenvalue weighted by Gasteiger charge is 2.26. The van der Waals surface area contributed by atoms with Crippen LogP contribution in [0.4, 0.5) is 5.13 Å². The zero-order valence-electron chi connectivity index (χ0n) is 18.2. The van der Waals surface area contributed by atoms with Crippen molar-refractivity contribution in [3.8, 4) is 5.75 Å². The zero-order valence-corrected chi connectivity index (χ0v) is 19.8. The fourth-order valence-electron chi connectivity index (χ4n) is 3.17. The van der Waals surface area contributed by atoms with Crippen LogP contribution in [0, 0.1) is 6.92 Å². The SMILES string of the molecule is COc1ccc(S(=O)(=O)CC(=O)N(CCCN(C)C)c2nc3c(C)cccc3s2)cc1. The number of sulfone groups is 1. The number of carbonyl (C=O) groups is 1. The van der Waals surface area contributed by atoms with Crippen LogP contribution in [0.2, 0.25) is 0 Å². The summed E-state index contributed by atoms with van der Waals surface area (Å²) in [5.41, 5.74) is 1.86. The van der Waals surface area contributed by atoms with Gasteiger partial charge in [-0.1, -0.05) is 23.5 Å². The molecular weight excluding hydrogens is 434 g/mol. The number of amides is 1. The van der Waals surface area contributed by atoms with Crippen molar-refractivity contribution in [3.63, 3.8) is 0 Å². The molecule has 0 atom stereocenters. The van der Waals surface area contributed by atoms with Crippen LogP contribution in [0.25, 0.3) is 10.2 Å². The summed E-state index contributed by atoms with van der Waals surface area (Å²) in [4.78, 5) is 21.5. The summed E-state index contributed by atoms with van der Waals surface area (Å²) in [6.45, 7) is 3.14. The Bertz CT molecular complexity index is 1160. The molecule has 0 fully saturated rings. The Labute approximate surface area is 187 Å². The molecule has 0 radical (unpaired) electrons. The Kier molecular flexibility index (Phi) is 7.30. The van der Waals surface area contributed by atoms with Crippen molar-refractivity contribution >= 4 is 42.4 Å². The second kappa shape index (κ2) is 9.76. The van der Waals surface area contributed by atoms with Crippen LogP contribution in [0.5, 0.6) is 5.75 Å². The molecule has 0 saturated carbocycles. The van der Waals surface area contributed by atoms with Crippen LogP contribution < -0.4 is 9.64 Å². The molecule has 0 aliphatic heterocycles. The smallest absolute Gasteiger partial charge is 0.244 e. The minimum Gasteiger partial charge on any atom is -0.497 e. The Hall–Kier alpha value is -2.49. The van der Waals surface area contributed by atoms with E-state index in [4.69, 9.17) is 4.74 Å². The number of carbonyl (C=O) groups excluding carboxylic acids is 1. The molecule has 1 amide bonds. The van der Waals surface area contributed by atoms with Crippen molar-refractivity contribution in [1.29, 1.82) is 0 Å². The van der Waals surface area contributed by atoms with E-state index in [0.717, 1.165) is 22.3 Å². The number of benzene rings is 2. The zero-order chi connectivity index (χ0) is 22.6. The molecule has 0 spiro atoms. The highest BCUT2D eigenvalue weighted by Crippen LogP contribution is 2.31. The van der Waals surface area contributed by atoms with Gasteiger partial charge in [0, 0.05) is 6.54 Å². The Morgan fingerprint density at radius 2 is 1.81 bits per heavy atom. The Morgan fingerprint density at radius 1 is 1.10 bits per heavy atom. The van der Waals surface area contributed by atoms with E-state index in [1.54, 1.807) is 12.1 Å². The summed E-state index contributed by atoms with van der Waals surface area (Å²) in [6.07, 6.45) is 0.705. The van der Waals surface area contributed by atoms with Gasteiger partial charge in [0.05, 0.1) is 22.2 Å². The average Bonchev–Trinajstić information content (AvgIpc) is 3.16. The molecule has 0 bridgehead atoms. The van der Waals surface area contributed by atoms with Gasteiger partial charge in [0.15, 0.2) is 15.0 Å². The molecular formula is C22H27N3O4S2. The predicted molar refractivity (Wildman–Crippen MR) is 125 cm³/mol. The maximum atomic E-state index is 13.2. The predicted octanol–water partition coefficient (Wildman–Crippen LogP) is 3.37. The first-order valence-corrected chi connectivity index (χ1v) is 12.4. The highest BCUT2D eigenvalue weighted by molar-refractivity contribution is 7.92. The number of hydrogen-bond acceptors (Lipinski definition) is 7. The summed E-state index contributed by atoms with van der Waals surface area (Å²) < 4.78 is 31.8. The van der Waals surface area contributed by atoms with Crippen LogP contribution in [0.15, 0.2) is 47.4 Å². The van der Waals surface area contributed by atoms with Gasteiger partial charge < -0.3 is 9.64 Å². The standard InChI is InChI=1S/C22H27N3O4S2/c1-16-7-5-8-19-21(16)23-22(30-19)25(14-6-13-24(2)3)20(26)15-31(27,28)18-11-9-17(29-4)10-12-18/h5,7-12H,6,13-15H2,1-4H3. The molecule has 166 valence electrons. The number of rotatable bonds is 9. The van der Waals surface area contributed by atoms with E-state index < -0.39 is 21.5 Å². The van der Waals surface area contributed by atoms with E-state index in [1.165, 1.54) is 35.5 Å². The molecule has 9 heteroatoms. The van der Waals surface area contributed by atoms with Crippen LogP contribution >= 0.6 is 11.3 Å². The second-order valence-electron chi connectivity index (χ2n) is 7.55. The van der Waals surface area contributed by atoms with E-state index >= 15 is 0 Å². The lowest BCUT2D eigenvalue weighted by atomic mass is 10.2. The number of hydrogen-bond donors (Lipinski definition) is 0. The summed E-state index contributed by atoms with van der Waals surface area (Å²) in [5.74, 6) is -0.539. The highest BCUT2D eigenvalue weighted by atomic mass is 32.2. The number of nitrogens with zero attached hydrogens (tertiary/aromatic N) is 3. The average molecular weight is 462 g/mol. The number of methoxy groups -OCH3 is 1. The molecule has 3 aromatic rings. The van der Waals surface area contributed by atoms with Crippen LogP contribution in [0.1, 0.15) is 12.0 Å². The van der Waals surface area contributed by atoms with E-state index in [0.29, 0.717) is 23.8 Å². The third kappa shape index (κ3) is 5.61. The molecule has 3 rings (SSSR count). The molecule has 0 N–H and O–H groups in total. The Morgan fingerprint density at radius 3 is 2.42 bits per heavy atom. The Balaban J connectivity index is 1.88. The molecule has 0 aliphatic carbocycles. The van der Waals surface area contributed by atoms with Crippen molar-refractivity contribution in [2.75, 3.05) is 44.9 Å². The van der Waals surface area contributed by atoms with Crippen LogP contribution in [-0.4, -0.2) is 64.3 Å². The van der Waals surface area contributed by atoms with Crippen molar-refractivity contribution < 1.29 is 17.9 Å². The summed E-state index contributed by atoms with van der Waals surface area (Å²) >= 11 is 1.40. The van der Waals surface area contributed by atoms with Gasteiger partial charge in [-0.2, -0.15) is 0 Å². The second-order valence-corrected chi connectivity index (χ2v) is 10.6. The lowest BCUT2D eigenvalue weighted by Crippen LogP contribution is -2.37.